The number of hydrogen-bond donors (Lipinski definition) is 1. The third kappa shape index (κ3) is 2.96. The molecule has 0 unspecified atom stereocenters. The van der Waals surface area contributed by atoms with Gasteiger partial charge in [0.05, 0.1) is 11.8 Å². The van der Waals surface area contributed by atoms with E-state index in [1.54, 1.807) is 41.9 Å². The Morgan fingerprint density at radius 1 is 1.29 bits per heavy atom. The van der Waals surface area contributed by atoms with Crippen LogP contribution in [0.3, 0.4) is 0 Å². The van der Waals surface area contributed by atoms with Crippen molar-refractivity contribution in [1.82, 2.24) is 19.5 Å². The van der Waals surface area contributed by atoms with Crippen LogP contribution in [-0.4, -0.2) is 20.1 Å². The minimum Gasteiger partial charge on any atom is -0.463 e. The van der Waals surface area contributed by atoms with Crippen molar-refractivity contribution in [2.75, 3.05) is 0 Å². The van der Waals surface area contributed by atoms with Crippen LogP contribution in [0.5, 0.6) is 0 Å². The fourth-order valence-corrected chi connectivity index (χ4v) is 3.43. The van der Waals surface area contributed by atoms with E-state index in [4.69, 9.17) is 4.42 Å². The number of furan rings is 1. The van der Waals surface area contributed by atoms with Crippen LogP contribution in [-0.2, 0) is 11.3 Å². The highest BCUT2D eigenvalue weighted by Crippen LogP contribution is 2.21. The molecule has 1 amide bonds. The zero-order chi connectivity index (χ0) is 19.8. The fourth-order valence-electron chi connectivity index (χ4n) is 3.43. The smallest absolute Gasteiger partial charge is 0.291 e. The lowest BCUT2D eigenvalue weighted by Crippen LogP contribution is -2.39. The van der Waals surface area contributed by atoms with Crippen molar-refractivity contribution in [3.8, 4) is 0 Å². The van der Waals surface area contributed by atoms with Crippen molar-refractivity contribution >= 4 is 22.5 Å². The third-order valence-electron chi connectivity index (χ3n) is 4.77. The number of amides is 1. The van der Waals surface area contributed by atoms with Gasteiger partial charge in [-0.2, -0.15) is 5.10 Å². The number of benzene rings is 1. The Labute approximate surface area is 159 Å². The van der Waals surface area contributed by atoms with Crippen LogP contribution in [0.1, 0.15) is 30.8 Å². The summed E-state index contributed by atoms with van der Waals surface area (Å²) in [7, 11) is 0. The number of carbonyl (C=O) groups is 1. The molecule has 3 heterocycles. The number of aryl methyl sites for hydroxylation is 1. The van der Waals surface area contributed by atoms with Gasteiger partial charge in [0.1, 0.15) is 23.2 Å². The van der Waals surface area contributed by atoms with E-state index in [0.29, 0.717) is 28.9 Å². The molecule has 3 aromatic heterocycles. The maximum atomic E-state index is 13.3. The van der Waals surface area contributed by atoms with Gasteiger partial charge in [-0.1, -0.05) is 19.1 Å². The zero-order valence-corrected chi connectivity index (χ0v) is 15.5. The molecule has 1 atom stereocenters. The molecule has 8 heteroatoms. The normalized spacial score (nSPS) is 12.5. The molecule has 0 aliphatic carbocycles. The number of halogens is 1. The summed E-state index contributed by atoms with van der Waals surface area (Å²) in [6.45, 7) is 3.75. The summed E-state index contributed by atoms with van der Waals surface area (Å²) in [5, 5.41) is 7.13. The third-order valence-corrected chi connectivity index (χ3v) is 4.77. The topological polar surface area (TPSA) is 81.5 Å². The lowest BCUT2D eigenvalue weighted by atomic mass is 10.2. The molecular weight excluding hydrogens is 363 g/mol. The number of fused-ring (bicyclic) bond motifs is 3. The number of aromatic nitrogens is 3. The second-order valence-corrected chi connectivity index (χ2v) is 6.60. The van der Waals surface area contributed by atoms with E-state index in [0.717, 1.165) is 5.52 Å². The average molecular weight is 382 g/mol. The van der Waals surface area contributed by atoms with Gasteiger partial charge in [0.25, 0.3) is 5.56 Å². The molecule has 0 fully saturated rings. The maximum Gasteiger partial charge on any atom is 0.291 e. The van der Waals surface area contributed by atoms with E-state index in [1.807, 2.05) is 6.92 Å². The van der Waals surface area contributed by atoms with Gasteiger partial charge in [-0.05, 0) is 31.0 Å². The highest BCUT2D eigenvalue weighted by molar-refractivity contribution is 5.83. The summed E-state index contributed by atoms with van der Waals surface area (Å²) in [6, 6.07) is 8.66. The van der Waals surface area contributed by atoms with Gasteiger partial charge in [0.2, 0.25) is 5.91 Å². The van der Waals surface area contributed by atoms with E-state index in [-0.39, 0.29) is 23.8 Å². The second kappa shape index (κ2) is 6.95. The van der Waals surface area contributed by atoms with Gasteiger partial charge in [0.15, 0.2) is 5.58 Å². The van der Waals surface area contributed by atoms with Crippen LogP contribution < -0.4 is 10.9 Å². The van der Waals surface area contributed by atoms with E-state index < -0.39 is 6.04 Å². The van der Waals surface area contributed by atoms with Gasteiger partial charge < -0.3 is 9.73 Å². The average Bonchev–Trinajstić information content (AvgIpc) is 3.26. The first-order chi connectivity index (χ1) is 13.5. The van der Waals surface area contributed by atoms with Gasteiger partial charge in [0, 0.05) is 18.7 Å². The van der Waals surface area contributed by atoms with Gasteiger partial charge in [-0.15, -0.1) is 0 Å². The van der Waals surface area contributed by atoms with Crippen molar-refractivity contribution < 1.29 is 13.6 Å². The number of nitrogens with zero attached hydrogens (tertiary/aromatic N) is 3. The van der Waals surface area contributed by atoms with Crippen molar-refractivity contribution in [3.05, 3.63) is 70.2 Å². The van der Waals surface area contributed by atoms with Crippen LogP contribution >= 0.6 is 0 Å². The molecule has 0 spiro atoms. The summed E-state index contributed by atoms with van der Waals surface area (Å²) in [6.07, 6.45) is 1.94. The van der Waals surface area contributed by atoms with Gasteiger partial charge in [-0.3, -0.25) is 14.0 Å². The minimum atomic E-state index is -0.772. The van der Waals surface area contributed by atoms with Crippen LogP contribution in [0.25, 0.3) is 16.6 Å². The highest BCUT2D eigenvalue weighted by atomic mass is 19.1. The van der Waals surface area contributed by atoms with Crippen molar-refractivity contribution in [2.24, 2.45) is 0 Å². The molecule has 144 valence electrons. The number of nitrogens with one attached hydrogen (secondary N) is 1. The molecular formula is C20H19FN4O3. The lowest BCUT2D eigenvalue weighted by molar-refractivity contribution is -0.125. The summed E-state index contributed by atoms with van der Waals surface area (Å²) >= 11 is 0. The first kappa shape index (κ1) is 18.0. The molecule has 4 aromatic rings. The molecule has 0 aliphatic rings. The van der Waals surface area contributed by atoms with E-state index in [2.05, 4.69) is 10.4 Å². The highest BCUT2D eigenvalue weighted by Gasteiger charge is 2.23. The molecule has 0 bridgehead atoms. The Hall–Kier alpha value is -3.42. The number of carbonyl (C=O) groups excluding carboxylic acids is 1. The quantitative estimate of drug-likeness (QED) is 0.575. The maximum absolute atomic E-state index is 13.3. The first-order valence-corrected chi connectivity index (χ1v) is 9.00. The minimum absolute atomic E-state index is 0.168. The monoisotopic (exact) mass is 382 g/mol. The zero-order valence-electron chi connectivity index (χ0n) is 15.5. The molecule has 28 heavy (non-hydrogen) atoms. The van der Waals surface area contributed by atoms with Crippen LogP contribution in [0.15, 0.2) is 51.9 Å². The van der Waals surface area contributed by atoms with Crippen LogP contribution in [0, 0.1) is 12.7 Å². The molecule has 4 rings (SSSR count). The summed E-state index contributed by atoms with van der Waals surface area (Å²) < 4.78 is 21.6. The second-order valence-electron chi connectivity index (χ2n) is 6.60. The number of rotatable bonds is 5. The van der Waals surface area contributed by atoms with Crippen LogP contribution in [0.4, 0.5) is 4.39 Å². The van der Waals surface area contributed by atoms with Crippen LogP contribution in [0.2, 0.25) is 0 Å². The van der Waals surface area contributed by atoms with Crippen molar-refractivity contribution in [3.63, 3.8) is 0 Å². The molecule has 1 aromatic carbocycles. The van der Waals surface area contributed by atoms with Crippen molar-refractivity contribution in [1.29, 1.82) is 0 Å². The summed E-state index contributed by atoms with van der Waals surface area (Å²) in [4.78, 5) is 25.7. The van der Waals surface area contributed by atoms with Gasteiger partial charge in [-0.25, -0.2) is 9.07 Å². The Kier molecular flexibility index (Phi) is 4.46. The molecule has 0 saturated carbocycles. The predicted octanol–water partition coefficient (Wildman–Crippen LogP) is 2.96. The SMILES string of the molecule is CC[C@H](C(=O)NCc1cccc(F)c1)n1nc(C)n2c(cc3occc32)c1=O. The summed E-state index contributed by atoms with van der Waals surface area (Å²) in [5.41, 5.74) is 2.02. The molecule has 7 nitrogen and oxygen atoms in total. The van der Waals surface area contributed by atoms with E-state index >= 15 is 0 Å². The van der Waals surface area contributed by atoms with E-state index in [9.17, 15) is 14.0 Å². The molecule has 0 radical (unpaired) electrons. The first-order valence-electron chi connectivity index (χ1n) is 9.00. The molecule has 1 N–H and O–H groups in total. The van der Waals surface area contributed by atoms with Gasteiger partial charge >= 0.3 is 0 Å². The van der Waals surface area contributed by atoms with Crippen molar-refractivity contribution in [2.45, 2.75) is 32.9 Å². The molecule has 0 saturated heterocycles. The Morgan fingerprint density at radius 3 is 2.86 bits per heavy atom. The molecule has 0 aliphatic heterocycles. The Balaban J connectivity index is 1.67. The standard InChI is InChI=1S/C20H19FN4O3/c1-3-15(19(26)22-11-13-5-4-6-14(21)9-13)25-20(27)17-10-18-16(7-8-28-18)24(17)12(2)23-25/h4-10,15H,3,11H2,1-2H3,(H,22,26)/t15-/m1/s1. The fraction of sp³-hybridized carbons (Fsp3) is 0.250. The summed E-state index contributed by atoms with van der Waals surface area (Å²) in [5.74, 6) is -0.141. The lowest BCUT2D eigenvalue weighted by Gasteiger charge is -2.18. The predicted molar refractivity (Wildman–Crippen MR) is 102 cm³/mol. The number of hydrogen-bond acceptors (Lipinski definition) is 4. The largest absolute Gasteiger partial charge is 0.463 e. The Bertz CT molecular complexity index is 1240. The van der Waals surface area contributed by atoms with E-state index in [1.165, 1.54) is 16.8 Å². The Morgan fingerprint density at radius 2 is 2.11 bits per heavy atom.